The first kappa shape index (κ1) is 18.6. The van der Waals surface area contributed by atoms with Gasteiger partial charge in [0.05, 0.1) is 17.8 Å². The van der Waals surface area contributed by atoms with Crippen LogP contribution in [0.5, 0.6) is 0 Å². The number of aromatic nitrogens is 1. The molecular weight excluding hydrogens is 328 g/mol. The van der Waals surface area contributed by atoms with Gasteiger partial charge in [-0.2, -0.15) is 0 Å². The number of ether oxygens (including phenoxy) is 1. The van der Waals surface area contributed by atoms with Crippen molar-refractivity contribution in [1.29, 1.82) is 0 Å². The summed E-state index contributed by atoms with van der Waals surface area (Å²) in [5.41, 5.74) is 0.388. The van der Waals surface area contributed by atoms with E-state index in [-0.39, 0.29) is 23.7 Å². The number of morpholine rings is 1. The number of H-pyrrole nitrogens is 1. The average molecular weight is 356 g/mol. The lowest BCUT2D eigenvalue weighted by Gasteiger charge is -2.40. The van der Waals surface area contributed by atoms with Crippen molar-refractivity contribution >= 4 is 16.7 Å². The fourth-order valence-corrected chi connectivity index (χ4v) is 3.55. The summed E-state index contributed by atoms with van der Waals surface area (Å²) in [6.45, 7) is 7.62. The zero-order valence-corrected chi connectivity index (χ0v) is 15.8. The maximum Gasteiger partial charge on any atom is 0.256 e. The Bertz CT molecular complexity index is 827. The van der Waals surface area contributed by atoms with Gasteiger partial charge in [0.2, 0.25) is 0 Å². The third-order valence-corrected chi connectivity index (χ3v) is 5.14. The molecule has 0 bridgehead atoms. The molecule has 1 aromatic heterocycles. The SMILES string of the molecule is CCCC[C@@H]1CN(C(=O)c2c[nH]c(=O)c3ccccc23)C[C@H](C(C)C)O1. The molecule has 5 heteroatoms. The zero-order chi connectivity index (χ0) is 18.7. The van der Waals surface area contributed by atoms with Gasteiger partial charge >= 0.3 is 0 Å². The van der Waals surface area contributed by atoms with Crippen molar-refractivity contribution in [3.05, 3.63) is 46.4 Å². The molecule has 1 aliphatic rings. The minimum absolute atomic E-state index is 0.0344. The van der Waals surface area contributed by atoms with Gasteiger partial charge in [-0.15, -0.1) is 0 Å². The van der Waals surface area contributed by atoms with Crippen molar-refractivity contribution < 1.29 is 9.53 Å². The Morgan fingerprint density at radius 1 is 1.27 bits per heavy atom. The quantitative estimate of drug-likeness (QED) is 0.891. The summed E-state index contributed by atoms with van der Waals surface area (Å²) in [7, 11) is 0. The van der Waals surface area contributed by atoms with Crippen LogP contribution >= 0.6 is 0 Å². The number of hydrogen-bond donors (Lipinski definition) is 1. The highest BCUT2D eigenvalue weighted by Gasteiger charge is 2.32. The second-order valence-electron chi connectivity index (χ2n) is 7.47. The van der Waals surface area contributed by atoms with E-state index in [2.05, 4.69) is 25.8 Å². The number of aromatic amines is 1. The lowest BCUT2D eigenvalue weighted by Crippen LogP contribution is -2.51. The number of fused-ring (bicyclic) bond motifs is 1. The third kappa shape index (κ3) is 3.83. The molecule has 26 heavy (non-hydrogen) atoms. The van der Waals surface area contributed by atoms with Gasteiger partial charge in [0.15, 0.2) is 0 Å². The Balaban J connectivity index is 1.90. The second-order valence-corrected chi connectivity index (χ2v) is 7.47. The first-order valence-electron chi connectivity index (χ1n) is 9.56. The van der Waals surface area contributed by atoms with Crippen LogP contribution in [0.15, 0.2) is 35.3 Å². The van der Waals surface area contributed by atoms with Gasteiger partial charge in [-0.3, -0.25) is 9.59 Å². The molecule has 1 N–H and O–H groups in total. The van der Waals surface area contributed by atoms with Crippen molar-refractivity contribution in [2.45, 2.75) is 52.2 Å². The van der Waals surface area contributed by atoms with Crippen molar-refractivity contribution in [2.24, 2.45) is 5.92 Å². The van der Waals surface area contributed by atoms with E-state index in [1.54, 1.807) is 12.3 Å². The van der Waals surface area contributed by atoms with Crippen LogP contribution in [0, 0.1) is 5.92 Å². The van der Waals surface area contributed by atoms with Crippen LogP contribution in [0.4, 0.5) is 0 Å². The summed E-state index contributed by atoms with van der Waals surface area (Å²) in [5.74, 6) is 0.315. The van der Waals surface area contributed by atoms with E-state index in [0.717, 1.165) is 19.3 Å². The van der Waals surface area contributed by atoms with Gasteiger partial charge in [-0.1, -0.05) is 51.8 Å². The minimum atomic E-state index is -0.167. The molecule has 1 fully saturated rings. The van der Waals surface area contributed by atoms with Gasteiger partial charge in [-0.05, 0) is 18.4 Å². The molecule has 2 heterocycles. The zero-order valence-electron chi connectivity index (χ0n) is 15.8. The van der Waals surface area contributed by atoms with E-state index in [1.807, 2.05) is 23.1 Å². The van der Waals surface area contributed by atoms with E-state index < -0.39 is 0 Å². The summed E-state index contributed by atoms with van der Waals surface area (Å²) in [6.07, 6.45) is 4.85. The number of pyridine rings is 1. The molecule has 1 saturated heterocycles. The Hall–Kier alpha value is -2.14. The smallest absolute Gasteiger partial charge is 0.256 e. The van der Waals surface area contributed by atoms with Crippen LogP contribution in [-0.4, -0.2) is 41.1 Å². The fraction of sp³-hybridized carbons (Fsp3) is 0.524. The molecule has 0 aliphatic carbocycles. The number of amides is 1. The summed E-state index contributed by atoms with van der Waals surface area (Å²) < 4.78 is 6.22. The fourth-order valence-electron chi connectivity index (χ4n) is 3.55. The van der Waals surface area contributed by atoms with Crippen molar-refractivity contribution in [3.63, 3.8) is 0 Å². The number of rotatable bonds is 5. The van der Waals surface area contributed by atoms with Crippen LogP contribution in [0.1, 0.15) is 50.4 Å². The first-order valence-corrected chi connectivity index (χ1v) is 9.56. The molecule has 2 atom stereocenters. The lowest BCUT2D eigenvalue weighted by molar-refractivity contribution is -0.0962. The first-order chi connectivity index (χ1) is 12.5. The monoisotopic (exact) mass is 356 g/mol. The highest BCUT2D eigenvalue weighted by atomic mass is 16.5. The maximum absolute atomic E-state index is 13.3. The Morgan fingerprint density at radius 3 is 2.69 bits per heavy atom. The molecular formula is C21H28N2O3. The molecule has 0 radical (unpaired) electrons. The van der Waals surface area contributed by atoms with Crippen LogP contribution in [0.2, 0.25) is 0 Å². The highest BCUT2D eigenvalue weighted by Crippen LogP contribution is 2.24. The third-order valence-electron chi connectivity index (χ3n) is 5.14. The number of nitrogens with one attached hydrogen (secondary N) is 1. The van der Waals surface area contributed by atoms with E-state index in [1.165, 1.54) is 0 Å². The summed E-state index contributed by atoms with van der Waals surface area (Å²) in [6, 6.07) is 7.27. The summed E-state index contributed by atoms with van der Waals surface area (Å²) in [4.78, 5) is 29.9. The number of hydrogen-bond acceptors (Lipinski definition) is 3. The highest BCUT2D eigenvalue weighted by molar-refractivity contribution is 6.06. The Morgan fingerprint density at radius 2 is 2.00 bits per heavy atom. The van der Waals surface area contributed by atoms with Crippen LogP contribution in [0.3, 0.4) is 0 Å². The van der Waals surface area contributed by atoms with Crippen molar-refractivity contribution in [1.82, 2.24) is 9.88 Å². The molecule has 0 unspecified atom stereocenters. The van der Waals surface area contributed by atoms with E-state index in [9.17, 15) is 9.59 Å². The molecule has 5 nitrogen and oxygen atoms in total. The topological polar surface area (TPSA) is 62.4 Å². The van der Waals surface area contributed by atoms with E-state index >= 15 is 0 Å². The molecule has 140 valence electrons. The van der Waals surface area contributed by atoms with Gasteiger partial charge in [-0.25, -0.2) is 0 Å². The maximum atomic E-state index is 13.3. The van der Waals surface area contributed by atoms with E-state index in [0.29, 0.717) is 35.3 Å². The predicted octanol–water partition coefficient (Wildman–Crippen LogP) is 3.58. The Labute approximate surface area is 154 Å². The molecule has 2 aromatic rings. The normalized spacial score (nSPS) is 20.7. The molecule has 1 aromatic carbocycles. The van der Waals surface area contributed by atoms with Gasteiger partial charge < -0.3 is 14.6 Å². The predicted molar refractivity (Wildman–Crippen MR) is 103 cm³/mol. The van der Waals surface area contributed by atoms with Gasteiger partial charge in [0.25, 0.3) is 11.5 Å². The largest absolute Gasteiger partial charge is 0.371 e. The summed E-state index contributed by atoms with van der Waals surface area (Å²) in [5, 5.41) is 1.26. The number of benzene rings is 1. The van der Waals surface area contributed by atoms with E-state index in [4.69, 9.17) is 4.74 Å². The molecule has 0 spiro atoms. The second kappa shape index (κ2) is 8.04. The van der Waals surface area contributed by atoms with Crippen LogP contribution in [-0.2, 0) is 4.74 Å². The number of carbonyl (C=O) groups is 1. The summed E-state index contributed by atoms with van der Waals surface area (Å²) >= 11 is 0. The molecule has 0 saturated carbocycles. The van der Waals surface area contributed by atoms with Crippen molar-refractivity contribution in [2.75, 3.05) is 13.1 Å². The van der Waals surface area contributed by atoms with Gasteiger partial charge in [0.1, 0.15) is 0 Å². The number of carbonyl (C=O) groups excluding carboxylic acids is 1. The van der Waals surface area contributed by atoms with Crippen molar-refractivity contribution in [3.8, 4) is 0 Å². The minimum Gasteiger partial charge on any atom is -0.371 e. The molecule has 1 amide bonds. The van der Waals surface area contributed by atoms with Crippen LogP contribution < -0.4 is 5.56 Å². The molecule has 1 aliphatic heterocycles. The standard InChI is InChI=1S/C21H28N2O3/c1-4-5-8-15-12-23(13-19(26-15)14(2)3)21(25)18-11-22-20(24)17-10-7-6-9-16(17)18/h6-7,9-11,14-15,19H,4-5,8,12-13H2,1-3H3,(H,22,24)/t15-,19-/m1/s1. The average Bonchev–Trinajstić information content (AvgIpc) is 2.66. The lowest BCUT2D eigenvalue weighted by atomic mass is 10.0. The molecule has 3 rings (SSSR count). The van der Waals surface area contributed by atoms with Gasteiger partial charge in [0, 0.05) is 30.1 Å². The number of nitrogens with zero attached hydrogens (tertiary/aromatic N) is 1. The Kier molecular flexibility index (Phi) is 5.77. The van der Waals surface area contributed by atoms with Crippen LogP contribution in [0.25, 0.3) is 10.8 Å². The number of unbranched alkanes of at least 4 members (excludes halogenated alkanes) is 1.